The van der Waals surface area contributed by atoms with E-state index in [1.807, 2.05) is 13.8 Å². The van der Waals surface area contributed by atoms with Crippen molar-refractivity contribution < 1.29 is 14.4 Å². The number of nitrogens with one attached hydrogen (secondary N) is 1. The maximum atomic E-state index is 13.5. The lowest BCUT2D eigenvalue weighted by molar-refractivity contribution is -0.138. The predicted octanol–water partition coefficient (Wildman–Crippen LogP) is 0.269. The number of piperazine rings is 1. The first-order chi connectivity index (χ1) is 14.8. The third-order valence-electron chi connectivity index (χ3n) is 8.11. The summed E-state index contributed by atoms with van der Waals surface area (Å²) >= 11 is 0. The lowest BCUT2D eigenvalue weighted by Gasteiger charge is -2.38. The molecule has 8 heteroatoms. The van der Waals surface area contributed by atoms with Crippen molar-refractivity contribution in [2.75, 3.05) is 52.4 Å². The summed E-state index contributed by atoms with van der Waals surface area (Å²) in [6, 6.07) is -0.0213. The van der Waals surface area contributed by atoms with Gasteiger partial charge in [-0.2, -0.15) is 0 Å². The number of nitrogens with two attached hydrogens (primary N) is 1. The highest BCUT2D eigenvalue weighted by molar-refractivity contribution is 5.99. The quantitative estimate of drug-likeness (QED) is 0.562. The molecule has 1 aliphatic carbocycles. The Morgan fingerprint density at radius 3 is 2.65 bits per heavy atom. The first kappa shape index (κ1) is 22.5. The Kier molecular flexibility index (Phi) is 6.58. The van der Waals surface area contributed by atoms with Gasteiger partial charge in [-0.3, -0.25) is 24.2 Å². The highest BCUT2D eigenvalue weighted by atomic mass is 16.2. The average molecular weight is 434 g/mol. The van der Waals surface area contributed by atoms with Gasteiger partial charge >= 0.3 is 0 Å². The number of nitrogens with zero attached hydrogens (tertiary/aromatic N) is 3. The molecule has 3 N–H and O–H groups in total. The number of hydrogen-bond donors (Lipinski definition) is 2. The molecule has 31 heavy (non-hydrogen) atoms. The van der Waals surface area contributed by atoms with E-state index < -0.39 is 11.8 Å². The Balaban J connectivity index is 1.40. The number of hydrogen-bond acceptors (Lipinski definition) is 5. The summed E-state index contributed by atoms with van der Waals surface area (Å²) in [5.41, 5.74) is 5.44. The Labute approximate surface area is 185 Å². The summed E-state index contributed by atoms with van der Waals surface area (Å²) in [4.78, 5) is 44.9. The van der Waals surface area contributed by atoms with Crippen molar-refractivity contribution in [1.82, 2.24) is 20.0 Å². The molecule has 4 aliphatic heterocycles. The van der Waals surface area contributed by atoms with Crippen molar-refractivity contribution in [3.8, 4) is 0 Å². The van der Waals surface area contributed by atoms with E-state index in [-0.39, 0.29) is 29.2 Å². The van der Waals surface area contributed by atoms with Crippen molar-refractivity contribution in [2.24, 2.45) is 28.9 Å². The highest BCUT2D eigenvalue weighted by Gasteiger charge is 2.52. The van der Waals surface area contributed by atoms with Gasteiger partial charge in [-0.1, -0.05) is 20.3 Å². The van der Waals surface area contributed by atoms with Gasteiger partial charge in [0.05, 0.1) is 0 Å². The molecule has 6 atom stereocenters. The zero-order chi connectivity index (χ0) is 22.2. The minimum absolute atomic E-state index is 0.0213. The first-order valence-electron chi connectivity index (χ1n) is 12.1. The van der Waals surface area contributed by atoms with Gasteiger partial charge in [-0.25, -0.2) is 0 Å². The predicted molar refractivity (Wildman–Crippen MR) is 118 cm³/mol. The molecular weight excluding hydrogens is 394 g/mol. The van der Waals surface area contributed by atoms with E-state index in [0.717, 1.165) is 65.0 Å². The third-order valence-corrected chi connectivity index (χ3v) is 8.11. The summed E-state index contributed by atoms with van der Waals surface area (Å²) < 4.78 is 0. The van der Waals surface area contributed by atoms with Gasteiger partial charge in [-0.05, 0) is 44.1 Å². The molecule has 4 saturated heterocycles. The second kappa shape index (κ2) is 9.06. The lowest BCUT2D eigenvalue weighted by Crippen LogP contribution is -2.57. The number of carbonyl (C=O) groups excluding carboxylic acids is 3. The topological polar surface area (TPSA) is 99.0 Å². The van der Waals surface area contributed by atoms with Crippen molar-refractivity contribution in [3.63, 3.8) is 0 Å². The maximum absolute atomic E-state index is 13.5. The van der Waals surface area contributed by atoms with E-state index in [4.69, 9.17) is 5.73 Å². The van der Waals surface area contributed by atoms with Crippen molar-refractivity contribution in [2.45, 2.75) is 52.0 Å². The van der Waals surface area contributed by atoms with Crippen LogP contribution in [0, 0.1) is 23.2 Å². The number of primary amides is 1. The van der Waals surface area contributed by atoms with Gasteiger partial charge in [-0.15, -0.1) is 0 Å². The molecule has 8 nitrogen and oxygen atoms in total. The normalized spacial score (nSPS) is 35.6. The van der Waals surface area contributed by atoms with Crippen molar-refractivity contribution >= 4 is 17.7 Å². The van der Waals surface area contributed by atoms with Crippen molar-refractivity contribution in [1.29, 1.82) is 0 Å². The van der Waals surface area contributed by atoms with E-state index in [0.29, 0.717) is 25.4 Å². The number of rotatable bonds is 7. The highest BCUT2D eigenvalue weighted by Crippen LogP contribution is 2.48. The van der Waals surface area contributed by atoms with Gasteiger partial charge in [0, 0.05) is 51.2 Å². The molecule has 0 aromatic heterocycles. The van der Waals surface area contributed by atoms with Gasteiger partial charge in [0.1, 0.15) is 12.0 Å². The summed E-state index contributed by atoms with van der Waals surface area (Å²) in [5, 5.41) is 3.05. The Morgan fingerprint density at radius 2 is 1.90 bits per heavy atom. The molecule has 0 aromatic carbocycles. The van der Waals surface area contributed by atoms with E-state index >= 15 is 0 Å². The number of amides is 3. The SMILES string of the molecule is CC(C)CC(C(N)=O)C(=O)NC[C@]12CCC[C@H]1CN(C(=O)C1CN3CCCN1CC3)C2. The van der Waals surface area contributed by atoms with Crippen LogP contribution in [0.25, 0.3) is 0 Å². The minimum atomic E-state index is -0.779. The molecule has 2 bridgehead atoms. The third kappa shape index (κ3) is 4.60. The molecule has 0 radical (unpaired) electrons. The Hall–Kier alpha value is -1.67. The molecule has 3 amide bonds. The van der Waals surface area contributed by atoms with Crippen LogP contribution in [0.5, 0.6) is 0 Å². The first-order valence-corrected chi connectivity index (χ1v) is 12.1. The fourth-order valence-corrected chi connectivity index (χ4v) is 6.37. The fourth-order valence-electron chi connectivity index (χ4n) is 6.37. The van der Waals surface area contributed by atoms with E-state index in [2.05, 4.69) is 20.0 Å². The second-order valence-electron chi connectivity index (χ2n) is 10.7. The van der Waals surface area contributed by atoms with Crippen LogP contribution in [0.1, 0.15) is 46.0 Å². The smallest absolute Gasteiger partial charge is 0.241 e. The van der Waals surface area contributed by atoms with E-state index in [1.54, 1.807) is 0 Å². The van der Waals surface area contributed by atoms with Crippen molar-refractivity contribution in [3.05, 3.63) is 0 Å². The molecule has 0 aromatic rings. The summed E-state index contributed by atoms with van der Waals surface area (Å²) in [7, 11) is 0. The van der Waals surface area contributed by atoms with Crippen LogP contribution < -0.4 is 11.1 Å². The standard InChI is InChI=1S/C23H39N5O3/c1-16(2)11-18(20(24)29)21(30)25-14-23-6-3-5-17(23)12-28(15-23)22(31)19-13-26-7-4-8-27(19)10-9-26/h16-19H,3-15H2,1-2H3,(H2,24,29)(H,25,30)/t17-,18?,19?,23-/m0/s1. The molecule has 4 heterocycles. The minimum Gasteiger partial charge on any atom is -0.369 e. The number of fused-ring (bicyclic) bond motifs is 5. The number of likely N-dealkylation sites (tertiary alicyclic amines) is 1. The van der Waals surface area contributed by atoms with Crippen LogP contribution in [0.3, 0.4) is 0 Å². The van der Waals surface area contributed by atoms with Crippen LogP contribution >= 0.6 is 0 Å². The zero-order valence-electron chi connectivity index (χ0n) is 19.1. The molecule has 5 fully saturated rings. The monoisotopic (exact) mass is 433 g/mol. The summed E-state index contributed by atoms with van der Waals surface area (Å²) in [5.74, 6) is -0.679. The molecular formula is C23H39N5O3. The Morgan fingerprint density at radius 1 is 1.10 bits per heavy atom. The van der Waals surface area contributed by atoms with Crippen LogP contribution in [0.15, 0.2) is 0 Å². The van der Waals surface area contributed by atoms with E-state index in [1.165, 1.54) is 0 Å². The number of carbonyl (C=O) groups is 3. The summed E-state index contributed by atoms with van der Waals surface area (Å²) in [6.45, 7) is 11.0. The molecule has 5 rings (SSSR count). The molecule has 174 valence electrons. The van der Waals surface area contributed by atoms with Gasteiger partial charge in [0.2, 0.25) is 17.7 Å². The second-order valence-corrected chi connectivity index (χ2v) is 10.7. The zero-order valence-corrected chi connectivity index (χ0v) is 19.1. The molecule has 1 saturated carbocycles. The van der Waals surface area contributed by atoms with Gasteiger partial charge < -0.3 is 16.0 Å². The molecule has 0 spiro atoms. The van der Waals surface area contributed by atoms with Crippen LogP contribution in [-0.4, -0.2) is 90.8 Å². The van der Waals surface area contributed by atoms with Gasteiger partial charge in [0.25, 0.3) is 0 Å². The van der Waals surface area contributed by atoms with Crippen LogP contribution in [0.4, 0.5) is 0 Å². The van der Waals surface area contributed by atoms with Crippen LogP contribution in [0.2, 0.25) is 0 Å². The Bertz CT molecular complexity index is 709. The summed E-state index contributed by atoms with van der Waals surface area (Å²) in [6.07, 6.45) is 4.87. The fraction of sp³-hybridized carbons (Fsp3) is 0.870. The van der Waals surface area contributed by atoms with E-state index in [9.17, 15) is 14.4 Å². The molecule has 5 aliphatic rings. The van der Waals surface area contributed by atoms with Crippen LogP contribution in [-0.2, 0) is 14.4 Å². The molecule has 4 unspecified atom stereocenters. The average Bonchev–Trinajstić information content (AvgIpc) is 3.09. The lowest BCUT2D eigenvalue weighted by atomic mass is 9.80. The largest absolute Gasteiger partial charge is 0.369 e. The maximum Gasteiger partial charge on any atom is 0.241 e. The van der Waals surface area contributed by atoms with Gasteiger partial charge in [0.15, 0.2) is 0 Å².